The van der Waals surface area contributed by atoms with Crippen molar-refractivity contribution in [3.05, 3.63) is 30.3 Å². The minimum atomic E-state index is -0.161. The van der Waals surface area contributed by atoms with Crippen molar-refractivity contribution in [2.75, 3.05) is 5.32 Å². The van der Waals surface area contributed by atoms with Crippen LogP contribution in [0.5, 0.6) is 0 Å². The summed E-state index contributed by atoms with van der Waals surface area (Å²) in [6.45, 7) is 5.68. The van der Waals surface area contributed by atoms with Gasteiger partial charge >= 0.3 is 5.97 Å². The van der Waals surface area contributed by atoms with E-state index in [0.29, 0.717) is 6.42 Å². The minimum absolute atomic E-state index is 0.0450. The maximum atomic E-state index is 11.4. The molecular weight excluding hydrogens is 202 g/mol. The van der Waals surface area contributed by atoms with E-state index in [2.05, 4.69) is 5.32 Å². The fourth-order valence-electron chi connectivity index (χ4n) is 1.43. The molecule has 0 aromatic heterocycles. The van der Waals surface area contributed by atoms with E-state index in [1.807, 2.05) is 51.1 Å². The minimum Gasteiger partial charge on any atom is -0.463 e. The highest BCUT2D eigenvalue weighted by molar-refractivity contribution is 5.70. The van der Waals surface area contributed by atoms with E-state index in [9.17, 15) is 4.79 Å². The first kappa shape index (κ1) is 12.6. The molecule has 0 aliphatic rings. The number of carbonyl (C=O) groups is 1. The lowest BCUT2D eigenvalue weighted by Gasteiger charge is -2.15. The lowest BCUT2D eigenvalue weighted by atomic mass is 10.2. The Morgan fingerprint density at radius 3 is 2.44 bits per heavy atom. The number of hydrogen-bond acceptors (Lipinski definition) is 3. The van der Waals surface area contributed by atoms with Gasteiger partial charge in [-0.1, -0.05) is 18.2 Å². The maximum Gasteiger partial charge on any atom is 0.308 e. The first-order valence-electron chi connectivity index (χ1n) is 5.59. The van der Waals surface area contributed by atoms with Crippen molar-refractivity contribution in [2.45, 2.75) is 39.3 Å². The third-order valence-corrected chi connectivity index (χ3v) is 2.03. The highest BCUT2D eigenvalue weighted by atomic mass is 16.5. The van der Waals surface area contributed by atoms with E-state index >= 15 is 0 Å². The molecule has 3 nitrogen and oxygen atoms in total. The summed E-state index contributed by atoms with van der Waals surface area (Å²) in [5.41, 5.74) is 1.02. The molecule has 0 aliphatic carbocycles. The molecule has 0 amide bonds. The summed E-state index contributed by atoms with van der Waals surface area (Å²) in [7, 11) is 0. The van der Waals surface area contributed by atoms with Gasteiger partial charge in [0.05, 0.1) is 12.5 Å². The van der Waals surface area contributed by atoms with Crippen LogP contribution in [-0.2, 0) is 9.53 Å². The largest absolute Gasteiger partial charge is 0.463 e. The summed E-state index contributed by atoms with van der Waals surface area (Å²) < 4.78 is 5.08. The van der Waals surface area contributed by atoms with Crippen LogP contribution >= 0.6 is 0 Å². The number of esters is 1. The van der Waals surface area contributed by atoms with Gasteiger partial charge in [-0.25, -0.2) is 0 Å². The molecule has 0 saturated carbocycles. The van der Waals surface area contributed by atoms with Gasteiger partial charge in [-0.05, 0) is 32.9 Å². The second kappa shape index (κ2) is 6.16. The zero-order chi connectivity index (χ0) is 12.0. The number of carbonyl (C=O) groups excluding carboxylic acids is 1. The summed E-state index contributed by atoms with van der Waals surface area (Å²) in [6.07, 6.45) is 0.337. The van der Waals surface area contributed by atoms with Crippen LogP contribution in [-0.4, -0.2) is 18.1 Å². The molecule has 16 heavy (non-hydrogen) atoms. The van der Waals surface area contributed by atoms with E-state index in [-0.39, 0.29) is 18.1 Å². The van der Waals surface area contributed by atoms with E-state index in [1.54, 1.807) is 0 Å². The third kappa shape index (κ3) is 4.82. The Morgan fingerprint density at radius 2 is 1.88 bits per heavy atom. The van der Waals surface area contributed by atoms with Crippen molar-refractivity contribution < 1.29 is 9.53 Å². The van der Waals surface area contributed by atoms with Gasteiger partial charge in [0, 0.05) is 11.7 Å². The molecule has 0 unspecified atom stereocenters. The molecular formula is C13H19NO2. The van der Waals surface area contributed by atoms with Crippen molar-refractivity contribution >= 4 is 11.7 Å². The zero-order valence-electron chi connectivity index (χ0n) is 10.1. The molecule has 1 aromatic rings. The number of anilines is 1. The SMILES string of the molecule is CC(C)OC(=O)C[C@H](C)Nc1ccccc1. The van der Waals surface area contributed by atoms with Gasteiger partial charge in [0.2, 0.25) is 0 Å². The molecule has 0 saturated heterocycles. The Kier molecular flexibility index (Phi) is 4.83. The Morgan fingerprint density at radius 1 is 1.25 bits per heavy atom. The summed E-state index contributed by atoms with van der Waals surface area (Å²) in [6, 6.07) is 9.91. The topological polar surface area (TPSA) is 38.3 Å². The second-order valence-electron chi connectivity index (χ2n) is 4.15. The molecule has 1 atom stereocenters. The molecule has 0 bridgehead atoms. The number of nitrogens with one attached hydrogen (secondary N) is 1. The summed E-state index contributed by atoms with van der Waals surface area (Å²) >= 11 is 0. The van der Waals surface area contributed by atoms with Gasteiger partial charge < -0.3 is 10.1 Å². The third-order valence-electron chi connectivity index (χ3n) is 2.03. The van der Waals surface area contributed by atoms with Crippen LogP contribution in [0, 0.1) is 0 Å². The predicted molar refractivity (Wildman–Crippen MR) is 65.4 cm³/mol. The van der Waals surface area contributed by atoms with Crippen molar-refractivity contribution in [3.63, 3.8) is 0 Å². The standard InChI is InChI=1S/C13H19NO2/c1-10(2)16-13(15)9-11(3)14-12-7-5-4-6-8-12/h4-8,10-11,14H,9H2,1-3H3/t11-/m0/s1. The zero-order valence-corrected chi connectivity index (χ0v) is 10.1. The van der Waals surface area contributed by atoms with Gasteiger partial charge in [-0.3, -0.25) is 4.79 Å². The summed E-state index contributed by atoms with van der Waals surface area (Å²) in [5, 5.41) is 3.25. The molecule has 0 radical (unpaired) electrons. The van der Waals surface area contributed by atoms with Crippen molar-refractivity contribution in [3.8, 4) is 0 Å². The van der Waals surface area contributed by atoms with Gasteiger partial charge in [-0.15, -0.1) is 0 Å². The van der Waals surface area contributed by atoms with Gasteiger partial charge in [0.1, 0.15) is 0 Å². The van der Waals surface area contributed by atoms with Gasteiger partial charge in [0.15, 0.2) is 0 Å². The molecule has 1 rings (SSSR count). The molecule has 0 heterocycles. The van der Waals surface area contributed by atoms with E-state index < -0.39 is 0 Å². The van der Waals surface area contributed by atoms with E-state index in [1.165, 1.54) is 0 Å². The van der Waals surface area contributed by atoms with Crippen LogP contribution < -0.4 is 5.32 Å². The number of rotatable bonds is 5. The molecule has 0 spiro atoms. The van der Waals surface area contributed by atoms with Crippen LogP contribution in [0.2, 0.25) is 0 Å². The summed E-state index contributed by atoms with van der Waals surface area (Å²) in [5.74, 6) is -0.161. The number of ether oxygens (including phenoxy) is 1. The Balaban J connectivity index is 2.36. The molecule has 88 valence electrons. The Hall–Kier alpha value is -1.51. The highest BCUT2D eigenvalue weighted by Crippen LogP contribution is 2.09. The Bertz CT molecular complexity index is 322. The fourth-order valence-corrected chi connectivity index (χ4v) is 1.43. The Labute approximate surface area is 96.8 Å². The molecule has 0 aliphatic heterocycles. The molecule has 0 fully saturated rings. The lowest BCUT2D eigenvalue weighted by molar-refractivity contribution is -0.147. The summed E-state index contributed by atoms with van der Waals surface area (Å²) in [4.78, 5) is 11.4. The van der Waals surface area contributed by atoms with Crippen LogP contribution in [0.25, 0.3) is 0 Å². The first-order chi connectivity index (χ1) is 7.58. The van der Waals surface area contributed by atoms with Crippen molar-refractivity contribution in [1.82, 2.24) is 0 Å². The number of para-hydroxylation sites is 1. The van der Waals surface area contributed by atoms with Crippen LogP contribution in [0.3, 0.4) is 0 Å². The van der Waals surface area contributed by atoms with Crippen LogP contribution in [0.15, 0.2) is 30.3 Å². The first-order valence-corrected chi connectivity index (χ1v) is 5.59. The lowest BCUT2D eigenvalue weighted by Crippen LogP contribution is -2.22. The quantitative estimate of drug-likeness (QED) is 0.777. The normalized spacial score (nSPS) is 12.2. The van der Waals surface area contributed by atoms with Crippen LogP contribution in [0.1, 0.15) is 27.2 Å². The average Bonchev–Trinajstić information content (AvgIpc) is 2.17. The molecule has 1 aromatic carbocycles. The van der Waals surface area contributed by atoms with Crippen LogP contribution in [0.4, 0.5) is 5.69 Å². The number of benzene rings is 1. The second-order valence-corrected chi connectivity index (χ2v) is 4.15. The predicted octanol–water partition coefficient (Wildman–Crippen LogP) is 2.83. The molecule has 1 N–H and O–H groups in total. The average molecular weight is 221 g/mol. The maximum absolute atomic E-state index is 11.4. The fraction of sp³-hybridized carbons (Fsp3) is 0.462. The van der Waals surface area contributed by atoms with Gasteiger partial charge in [0.25, 0.3) is 0 Å². The monoisotopic (exact) mass is 221 g/mol. The highest BCUT2D eigenvalue weighted by Gasteiger charge is 2.11. The molecule has 3 heteroatoms. The van der Waals surface area contributed by atoms with Gasteiger partial charge in [-0.2, -0.15) is 0 Å². The van der Waals surface area contributed by atoms with Crippen molar-refractivity contribution in [1.29, 1.82) is 0 Å². The van der Waals surface area contributed by atoms with E-state index in [0.717, 1.165) is 5.69 Å². The van der Waals surface area contributed by atoms with Crippen molar-refractivity contribution in [2.24, 2.45) is 0 Å². The van der Waals surface area contributed by atoms with E-state index in [4.69, 9.17) is 4.74 Å². The smallest absolute Gasteiger partial charge is 0.308 e. The number of hydrogen-bond donors (Lipinski definition) is 1.